The van der Waals surface area contributed by atoms with Crippen molar-refractivity contribution in [3.8, 4) is 0 Å². The number of aliphatic hydroxyl groups is 1. The van der Waals surface area contributed by atoms with Crippen LogP contribution in [0, 0.1) is 23.2 Å². The molecule has 2 saturated heterocycles. The first-order valence-electron chi connectivity index (χ1n) is 7.40. The molecule has 1 N–H and O–H groups in total. The molecule has 0 aromatic heterocycles. The fraction of sp³-hybridized carbons (Fsp3) is 1.00. The van der Waals surface area contributed by atoms with Crippen molar-refractivity contribution in [1.29, 1.82) is 0 Å². The maximum Gasteiger partial charge on any atom is 0.226 e. The number of hydrogen-bond donors (Lipinski definition) is 1. The molecule has 0 aromatic carbocycles. The van der Waals surface area contributed by atoms with E-state index >= 15 is 0 Å². The highest BCUT2D eigenvalue weighted by molar-refractivity contribution is 5.17. The minimum Gasteiger partial charge on any atom is -0.364 e. The molecule has 2 heterocycles. The van der Waals surface area contributed by atoms with Crippen molar-refractivity contribution in [2.45, 2.75) is 63.8 Å². The predicted octanol–water partition coefficient (Wildman–Crippen LogP) is 1.91. The molecule has 0 spiro atoms. The van der Waals surface area contributed by atoms with Gasteiger partial charge in [-0.1, -0.05) is 13.8 Å². The Kier molecular flexibility index (Phi) is 2.22. The third kappa shape index (κ3) is 1.34. The Balaban J connectivity index is 1.79. The number of rotatable bonds is 1. The van der Waals surface area contributed by atoms with E-state index in [0.29, 0.717) is 17.3 Å². The SMILES string of the molecule is CO[C@@]12O[C@@]3(C)CC1C(O[C@H]2O)[C@@H]1CC(C)(C)C[C@@H]13. The lowest BCUT2D eigenvalue weighted by molar-refractivity contribution is -0.328. The zero-order valence-electron chi connectivity index (χ0n) is 12.2. The van der Waals surface area contributed by atoms with Gasteiger partial charge in [-0.25, -0.2) is 0 Å². The van der Waals surface area contributed by atoms with Crippen molar-refractivity contribution in [3.63, 3.8) is 0 Å². The molecule has 4 heteroatoms. The highest BCUT2D eigenvalue weighted by Gasteiger charge is 2.74. The quantitative estimate of drug-likeness (QED) is 0.789. The third-order valence-corrected chi connectivity index (χ3v) is 6.16. The fourth-order valence-electron chi connectivity index (χ4n) is 5.52. The van der Waals surface area contributed by atoms with Crippen LogP contribution in [-0.2, 0) is 14.2 Å². The van der Waals surface area contributed by atoms with Crippen LogP contribution in [-0.4, -0.2) is 36.0 Å². The summed E-state index contributed by atoms with van der Waals surface area (Å²) in [6, 6.07) is 0. The second-order valence-electron chi connectivity index (χ2n) is 7.95. The van der Waals surface area contributed by atoms with E-state index in [9.17, 15) is 5.11 Å². The van der Waals surface area contributed by atoms with E-state index in [4.69, 9.17) is 14.2 Å². The van der Waals surface area contributed by atoms with Crippen molar-refractivity contribution in [1.82, 2.24) is 0 Å². The fourth-order valence-corrected chi connectivity index (χ4v) is 5.52. The molecule has 0 aromatic rings. The molecule has 4 fully saturated rings. The summed E-state index contributed by atoms with van der Waals surface area (Å²) in [5, 5.41) is 10.3. The van der Waals surface area contributed by atoms with Crippen molar-refractivity contribution >= 4 is 0 Å². The van der Waals surface area contributed by atoms with E-state index in [1.54, 1.807) is 7.11 Å². The Hall–Kier alpha value is -0.160. The van der Waals surface area contributed by atoms with E-state index < -0.39 is 12.1 Å². The highest BCUT2D eigenvalue weighted by Crippen LogP contribution is 2.67. The van der Waals surface area contributed by atoms with Crippen LogP contribution in [0.25, 0.3) is 0 Å². The average molecular weight is 268 g/mol. The lowest BCUT2D eigenvalue weighted by Gasteiger charge is -2.42. The van der Waals surface area contributed by atoms with Crippen LogP contribution in [0.2, 0.25) is 0 Å². The Labute approximate surface area is 114 Å². The van der Waals surface area contributed by atoms with Crippen molar-refractivity contribution in [2.75, 3.05) is 7.11 Å². The average Bonchev–Trinajstić information content (AvgIpc) is 2.87. The predicted molar refractivity (Wildman–Crippen MR) is 68.2 cm³/mol. The number of methoxy groups -OCH3 is 1. The molecule has 19 heavy (non-hydrogen) atoms. The number of ether oxygens (including phenoxy) is 3. The normalized spacial score (nSPS) is 61.4. The topological polar surface area (TPSA) is 47.9 Å². The molecule has 2 aliphatic carbocycles. The van der Waals surface area contributed by atoms with E-state index in [-0.39, 0.29) is 17.6 Å². The lowest BCUT2D eigenvalue weighted by Crippen LogP contribution is -2.48. The molecule has 0 amide bonds. The van der Waals surface area contributed by atoms with Gasteiger partial charge >= 0.3 is 0 Å². The first kappa shape index (κ1) is 12.6. The zero-order valence-corrected chi connectivity index (χ0v) is 12.2. The second kappa shape index (κ2) is 3.35. The van der Waals surface area contributed by atoms with E-state index in [0.717, 1.165) is 12.8 Å². The van der Waals surface area contributed by atoms with Crippen LogP contribution in [0.3, 0.4) is 0 Å². The molecule has 0 radical (unpaired) electrons. The van der Waals surface area contributed by atoms with Gasteiger partial charge < -0.3 is 19.3 Å². The van der Waals surface area contributed by atoms with Gasteiger partial charge in [-0.15, -0.1) is 0 Å². The summed E-state index contributed by atoms with van der Waals surface area (Å²) in [6.45, 7) is 6.86. The van der Waals surface area contributed by atoms with Gasteiger partial charge in [-0.3, -0.25) is 0 Å². The third-order valence-electron chi connectivity index (χ3n) is 6.16. The highest BCUT2D eigenvalue weighted by atomic mass is 16.8. The summed E-state index contributed by atoms with van der Waals surface area (Å²) in [4.78, 5) is 0. The van der Waals surface area contributed by atoms with E-state index in [2.05, 4.69) is 20.8 Å². The molecule has 4 aliphatic rings. The smallest absolute Gasteiger partial charge is 0.226 e. The summed E-state index contributed by atoms with van der Waals surface area (Å²) < 4.78 is 17.8. The van der Waals surface area contributed by atoms with E-state index in [1.807, 2.05) is 0 Å². The minimum absolute atomic E-state index is 0.0947. The molecular formula is C15H24O4. The van der Waals surface area contributed by atoms with Gasteiger partial charge in [-0.2, -0.15) is 0 Å². The van der Waals surface area contributed by atoms with Gasteiger partial charge in [0, 0.05) is 13.0 Å². The Bertz CT molecular complexity index is 422. The van der Waals surface area contributed by atoms with Crippen molar-refractivity contribution in [3.05, 3.63) is 0 Å². The van der Waals surface area contributed by atoms with Crippen LogP contribution in [0.4, 0.5) is 0 Å². The van der Waals surface area contributed by atoms with Gasteiger partial charge in [-0.05, 0) is 43.4 Å². The number of hydrogen-bond acceptors (Lipinski definition) is 4. The van der Waals surface area contributed by atoms with Crippen LogP contribution < -0.4 is 0 Å². The second-order valence-corrected chi connectivity index (χ2v) is 7.95. The number of fused-ring (bicyclic) bond motifs is 4. The molecule has 2 aliphatic heterocycles. The molecule has 4 rings (SSSR count). The van der Waals surface area contributed by atoms with Gasteiger partial charge in [0.25, 0.3) is 0 Å². The van der Waals surface area contributed by atoms with Crippen LogP contribution in [0.5, 0.6) is 0 Å². The molecule has 7 atom stereocenters. The minimum atomic E-state index is -0.945. The Morgan fingerprint density at radius 1 is 1.11 bits per heavy atom. The van der Waals surface area contributed by atoms with Gasteiger partial charge in [0.15, 0.2) is 0 Å². The lowest BCUT2D eigenvalue weighted by atomic mass is 9.67. The largest absolute Gasteiger partial charge is 0.364 e. The summed E-state index contributed by atoms with van der Waals surface area (Å²) in [5.41, 5.74) is 0.180. The molecule has 2 unspecified atom stereocenters. The molecule has 2 saturated carbocycles. The zero-order chi connectivity index (χ0) is 13.6. The van der Waals surface area contributed by atoms with Crippen molar-refractivity contribution < 1.29 is 19.3 Å². The Morgan fingerprint density at radius 2 is 1.84 bits per heavy atom. The van der Waals surface area contributed by atoms with E-state index in [1.165, 1.54) is 6.42 Å². The summed E-state index contributed by atoms with van der Waals surface area (Å²) >= 11 is 0. The monoisotopic (exact) mass is 268 g/mol. The maximum absolute atomic E-state index is 10.3. The first-order chi connectivity index (χ1) is 8.81. The Morgan fingerprint density at radius 3 is 2.53 bits per heavy atom. The van der Waals surface area contributed by atoms with Crippen molar-refractivity contribution in [2.24, 2.45) is 23.2 Å². The van der Waals surface area contributed by atoms with Gasteiger partial charge in [0.2, 0.25) is 12.1 Å². The number of aliphatic hydroxyl groups excluding tert-OH is 1. The van der Waals surface area contributed by atoms with Crippen LogP contribution in [0.1, 0.15) is 40.0 Å². The summed E-state index contributed by atoms with van der Waals surface area (Å²) in [7, 11) is 1.62. The summed E-state index contributed by atoms with van der Waals surface area (Å²) in [5.74, 6) is 0.266. The van der Waals surface area contributed by atoms with Gasteiger partial charge in [0.05, 0.1) is 11.7 Å². The molecule has 108 valence electrons. The first-order valence-corrected chi connectivity index (χ1v) is 7.40. The van der Waals surface area contributed by atoms with Crippen LogP contribution >= 0.6 is 0 Å². The molecular weight excluding hydrogens is 244 g/mol. The molecule has 4 nitrogen and oxygen atoms in total. The standard InChI is InChI=1S/C15H24O4/c1-13(2)5-8-9(6-13)14(3)7-10-11(8)18-12(16)15(10,17-4)19-14/h8-12,16H,5-7H2,1-4H3/t8-,9+,10?,11?,12-,14+,15-/m1/s1. The molecule has 2 bridgehead atoms. The summed E-state index contributed by atoms with van der Waals surface area (Å²) in [6.07, 6.45) is 2.43. The van der Waals surface area contributed by atoms with Gasteiger partial charge in [0.1, 0.15) is 0 Å². The maximum atomic E-state index is 10.3. The van der Waals surface area contributed by atoms with Crippen LogP contribution in [0.15, 0.2) is 0 Å².